The Morgan fingerprint density at radius 3 is 2.56 bits per heavy atom. The molecule has 8 heterocycles. The van der Waals surface area contributed by atoms with Crippen molar-refractivity contribution in [1.29, 1.82) is 5.26 Å². The van der Waals surface area contributed by atoms with Crippen molar-refractivity contribution in [2.75, 3.05) is 133 Å². The molecule has 2 N–H and O–H groups in total. The molecule has 4 aromatic heterocycles. The molecule has 2 aromatic carbocycles. The summed E-state index contributed by atoms with van der Waals surface area (Å²) in [5.74, 6) is 3.02. The van der Waals surface area contributed by atoms with Crippen LogP contribution in [-0.2, 0) is 40.2 Å². The van der Waals surface area contributed by atoms with E-state index in [1.54, 1.807) is 6.08 Å². The third-order valence-electron chi connectivity index (χ3n) is 16.4. The second-order valence-corrected chi connectivity index (χ2v) is 22.2. The van der Waals surface area contributed by atoms with Gasteiger partial charge in [-0.25, -0.2) is 9.97 Å². The number of pyridine rings is 1. The first-order valence-electron chi connectivity index (χ1n) is 29.3. The number of aromatic nitrogens is 6. The number of halogens is 1. The smallest absolute Gasteiger partial charge is 0.318 e. The number of carbonyl (C=O) groups is 1. The predicted octanol–water partition coefficient (Wildman–Crippen LogP) is 7.20. The van der Waals surface area contributed by atoms with E-state index >= 15 is 0 Å². The molecule has 0 bridgehead atoms. The highest BCUT2D eigenvalue weighted by Crippen LogP contribution is 2.38. The van der Waals surface area contributed by atoms with Crippen molar-refractivity contribution < 1.29 is 28.8 Å². The van der Waals surface area contributed by atoms with Gasteiger partial charge in [0, 0.05) is 118 Å². The number of amides is 1. The number of piperazine rings is 1. The summed E-state index contributed by atoms with van der Waals surface area (Å²) in [5, 5.41) is 30.8. The SMILES string of the molecule is CCc1cnn2c(NCc3ccc(OCCOCCOCCN(C)C/C=C/C(=O)N4CCN(c5nc(OC[C@@H]6CCCN6C)nc6c5CCN(c5cccc7cccc(Cl)c57)C6)C[C@@H]4CC#N)nc3)cc(N3CCCCC3CCO)nc12. The minimum atomic E-state index is -0.317. The van der Waals surface area contributed by atoms with Gasteiger partial charge in [-0.2, -0.15) is 24.8 Å². The minimum Gasteiger partial charge on any atom is -0.475 e. The normalized spacial score (nSPS) is 18.7. The van der Waals surface area contributed by atoms with Gasteiger partial charge in [-0.1, -0.05) is 54.9 Å². The summed E-state index contributed by atoms with van der Waals surface area (Å²) in [5.41, 5.74) is 6.01. The Balaban J connectivity index is 0.641. The van der Waals surface area contributed by atoms with E-state index in [2.05, 4.69) is 90.3 Å². The second-order valence-electron chi connectivity index (χ2n) is 21.8. The Labute approximate surface area is 486 Å². The first-order chi connectivity index (χ1) is 40.2. The van der Waals surface area contributed by atoms with Crippen LogP contribution < -0.4 is 29.5 Å². The highest BCUT2D eigenvalue weighted by Gasteiger charge is 2.34. The lowest BCUT2D eigenvalue weighted by atomic mass is 9.99. The van der Waals surface area contributed by atoms with Crippen molar-refractivity contribution in [3.8, 4) is 18.0 Å². The standard InChI is InChI=1S/C61H79ClN14O6/c1-4-45-40-66-76-54(37-55(68-59(45)76)74-26-6-5-13-47(74)22-31-77)64-38-44-18-19-56(65-39-44)81-36-35-80-34-33-79-32-30-70(2)24-10-17-57(78)75-29-28-73(41-48(75)20-23-63)60-50-21-27-72(53-16-8-12-46-11-7-15-51(62)58(46)53)42-52(50)67-61(69-60)82-43-49-14-9-25-71(49)3/h7-8,10-12,15-19,37,39-40,47-49,64,77H,4-6,9,13-14,20-22,24-36,38,41-43H2,1-3H3/b17-10+/t47?,48-,49-/m0/s1. The zero-order valence-electron chi connectivity index (χ0n) is 47.8. The summed E-state index contributed by atoms with van der Waals surface area (Å²) in [6, 6.07) is 21.2. The van der Waals surface area contributed by atoms with Crippen LogP contribution in [0.4, 0.5) is 23.1 Å². The molecule has 0 saturated carbocycles. The highest BCUT2D eigenvalue weighted by molar-refractivity contribution is 6.36. The maximum absolute atomic E-state index is 13.8. The third kappa shape index (κ3) is 14.3. The van der Waals surface area contributed by atoms with E-state index in [4.69, 9.17) is 45.5 Å². The molecule has 4 aliphatic heterocycles. The van der Waals surface area contributed by atoms with Gasteiger partial charge in [0.1, 0.15) is 30.7 Å². The number of ether oxygens (including phenoxy) is 4. The number of aryl methyl sites for hydroxylation is 1. The molecule has 1 unspecified atom stereocenters. The van der Waals surface area contributed by atoms with Crippen LogP contribution in [-0.4, -0.2) is 186 Å². The molecule has 6 aromatic rings. The predicted molar refractivity (Wildman–Crippen MR) is 319 cm³/mol. The summed E-state index contributed by atoms with van der Waals surface area (Å²) in [6.07, 6.45) is 15.2. The number of nitrogens with one attached hydrogen (secondary N) is 1. The van der Waals surface area contributed by atoms with E-state index in [-0.39, 0.29) is 31.0 Å². The van der Waals surface area contributed by atoms with Gasteiger partial charge in [-0.3, -0.25) is 4.79 Å². The highest BCUT2D eigenvalue weighted by atomic mass is 35.5. The molecule has 0 radical (unpaired) electrons. The zero-order valence-corrected chi connectivity index (χ0v) is 48.6. The number of carbonyl (C=O) groups excluding carboxylic acids is 1. The molecule has 436 valence electrons. The van der Waals surface area contributed by atoms with E-state index in [0.29, 0.717) is 103 Å². The van der Waals surface area contributed by atoms with E-state index in [1.807, 2.05) is 59.2 Å². The van der Waals surface area contributed by atoms with Crippen LogP contribution in [0.3, 0.4) is 0 Å². The molecule has 1 amide bonds. The number of rotatable bonds is 26. The summed E-state index contributed by atoms with van der Waals surface area (Å²) in [4.78, 5) is 46.6. The van der Waals surface area contributed by atoms with Crippen molar-refractivity contribution in [2.24, 2.45) is 0 Å². The number of hydrogen-bond donors (Lipinski definition) is 2. The summed E-state index contributed by atoms with van der Waals surface area (Å²) in [7, 11) is 4.13. The van der Waals surface area contributed by atoms with Crippen LogP contribution in [0.2, 0.25) is 5.02 Å². The molecule has 4 aliphatic rings. The first kappa shape index (κ1) is 58.3. The quantitative estimate of drug-likeness (QED) is 0.0408. The lowest BCUT2D eigenvalue weighted by Gasteiger charge is -2.42. The monoisotopic (exact) mass is 1140 g/mol. The molecule has 10 rings (SSSR count). The van der Waals surface area contributed by atoms with Crippen LogP contribution in [0.15, 0.2) is 79.1 Å². The van der Waals surface area contributed by atoms with Crippen LogP contribution in [0.1, 0.15) is 74.3 Å². The number of aliphatic hydroxyl groups is 1. The van der Waals surface area contributed by atoms with Gasteiger partial charge in [0.25, 0.3) is 0 Å². The molecule has 82 heavy (non-hydrogen) atoms. The summed E-state index contributed by atoms with van der Waals surface area (Å²) >= 11 is 6.80. The average molecular weight is 1140 g/mol. The average Bonchev–Trinajstić information content (AvgIpc) is 3.86. The Morgan fingerprint density at radius 2 is 1.76 bits per heavy atom. The van der Waals surface area contributed by atoms with Gasteiger partial charge in [-0.15, -0.1) is 0 Å². The zero-order chi connectivity index (χ0) is 56.8. The Morgan fingerprint density at radius 1 is 0.915 bits per heavy atom. The van der Waals surface area contributed by atoms with E-state index in [1.165, 1.54) is 0 Å². The van der Waals surface area contributed by atoms with E-state index in [0.717, 1.165) is 138 Å². The number of likely N-dealkylation sites (N-methyl/N-ethyl adjacent to an activating group) is 2. The molecule has 0 spiro atoms. The number of hydrogen-bond acceptors (Lipinski definition) is 18. The van der Waals surface area contributed by atoms with Gasteiger partial charge in [0.05, 0.1) is 68.4 Å². The molecule has 3 fully saturated rings. The van der Waals surface area contributed by atoms with Crippen LogP contribution >= 0.6 is 11.6 Å². The number of nitrogens with zero attached hydrogens (tertiary/aromatic N) is 13. The molecular formula is C61H79ClN14O6. The summed E-state index contributed by atoms with van der Waals surface area (Å²) in [6.45, 7) is 11.5. The number of nitriles is 1. The maximum atomic E-state index is 13.8. The number of benzene rings is 2. The Kier molecular flexibility index (Phi) is 20.2. The van der Waals surface area contributed by atoms with Crippen LogP contribution in [0.25, 0.3) is 16.4 Å². The molecular weight excluding hydrogens is 1060 g/mol. The fourth-order valence-electron chi connectivity index (χ4n) is 11.8. The van der Waals surface area contributed by atoms with Gasteiger partial charge < -0.3 is 58.8 Å². The van der Waals surface area contributed by atoms with Crippen molar-refractivity contribution in [1.82, 2.24) is 44.2 Å². The fourth-order valence-corrected chi connectivity index (χ4v) is 12.0. The Hall–Kier alpha value is -6.86. The van der Waals surface area contributed by atoms with Crippen molar-refractivity contribution in [3.63, 3.8) is 0 Å². The van der Waals surface area contributed by atoms with Crippen molar-refractivity contribution >= 4 is 57.1 Å². The van der Waals surface area contributed by atoms with Crippen LogP contribution in [0, 0.1) is 11.3 Å². The number of fused-ring (bicyclic) bond motifs is 3. The topological polar surface area (TPSA) is 198 Å². The van der Waals surface area contributed by atoms with Crippen LogP contribution in [0.5, 0.6) is 11.9 Å². The lowest BCUT2D eigenvalue weighted by Crippen LogP contribution is -2.55. The number of piperidine rings is 1. The minimum absolute atomic E-state index is 0.107. The lowest BCUT2D eigenvalue weighted by molar-refractivity contribution is -0.128. The van der Waals surface area contributed by atoms with Gasteiger partial charge in [0.15, 0.2) is 5.65 Å². The molecule has 0 aliphatic carbocycles. The Bertz CT molecular complexity index is 3150. The number of aliphatic hydroxyl groups excluding tert-OH is 1. The van der Waals surface area contributed by atoms with Gasteiger partial charge >= 0.3 is 6.01 Å². The number of anilines is 4. The molecule has 3 saturated heterocycles. The first-order valence-corrected chi connectivity index (χ1v) is 29.7. The second kappa shape index (κ2) is 28.4. The largest absolute Gasteiger partial charge is 0.475 e. The maximum Gasteiger partial charge on any atom is 0.318 e. The fraction of sp³-hybridized carbons (Fsp3) is 0.525. The number of likely N-dealkylation sites (tertiary alicyclic amines) is 1. The van der Waals surface area contributed by atoms with E-state index < -0.39 is 0 Å². The molecule has 20 nitrogen and oxygen atoms in total. The van der Waals surface area contributed by atoms with Crippen molar-refractivity contribution in [2.45, 2.75) is 95.9 Å². The van der Waals surface area contributed by atoms with Gasteiger partial charge in [0.2, 0.25) is 11.8 Å². The third-order valence-corrected chi connectivity index (χ3v) is 16.7. The molecule has 21 heteroatoms. The van der Waals surface area contributed by atoms with E-state index in [9.17, 15) is 15.2 Å². The van der Waals surface area contributed by atoms with Gasteiger partial charge in [-0.05, 0) is 95.1 Å². The molecule has 3 atom stereocenters. The van der Waals surface area contributed by atoms with Crippen molar-refractivity contribution in [3.05, 3.63) is 107 Å². The summed E-state index contributed by atoms with van der Waals surface area (Å²) < 4.78 is 25.8.